The molecule has 5 rings (SSSR count). The third-order valence-electron chi connectivity index (χ3n) is 5.66. The van der Waals surface area contributed by atoms with Crippen molar-refractivity contribution in [1.29, 1.82) is 0 Å². The zero-order valence-corrected chi connectivity index (χ0v) is 18.1. The van der Waals surface area contributed by atoms with E-state index in [9.17, 15) is 18.0 Å². The Balaban J connectivity index is 1.37. The van der Waals surface area contributed by atoms with E-state index in [2.05, 4.69) is 27.5 Å². The summed E-state index contributed by atoms with van der Waals surface area (Å²) in [7, 11) is 0. The van der Waals surface area contributed by atoms with E-state index in [0.717, 1.165) is 35.2 Å². The van der Waals surface area contributed by atoms with Crippen LogP contribution < -0.4 is 15.4 Å². The fourth-order valence-corrected chi connectivity index (χ4v) is 3.95. The third kappa shape index (κ3) is 4.32. The molecule has 1 amide bonds. The predicted octanol–water partition coefficient (Wildman–Crippen LogP) is 5.36. The third-order valence-corrected chi connectivity index (χ3v) is 5.66. The largest absolute Gasteiger partial charge is 0.439 e. The standard InChI is InChI=1S/C24H20F3N5O2/c1-14-9-19-20(12-28-14)29-13-30-22(19)34-18-5-6-21-15(10-18)7-8-32(21)23(33)31-17-4-2-3-16(11-17)24(25,26)27/h2-8,10-11,13-14,28H,9,12H2,1H3,(H,31,33)/t14-/m0/s1. The van der Waals surface area contributed by atoms with Gasteiger partial charge in [-0.2, -0.15) is 13.2 Å². The Kier molecular flexibility index (Phi) is 5.45. The number of nitrogens with zero attached hydrogens (tertiary/aromatic N) is 3. The van der Waals surface area contributed by atoms with Crippen LogP contribution in [-0.4, -0.2) is 26.6 Å². The average molecular weight is 467 g/mol. The maximum Gasteiger partial charge on any atom is 0.416 e. The van der Waals surface area contributed by atoms with Crippen molar-refractivity contribution in [3.8, 4) is 11.6 Å². The average Bonchev–Trinajstić information content (AvgIpc) is 3.22. The zero-order chi connectivity index (χ0) is 23.9. The smallest absolute Gasteiger partial charge is 0.416 e. The molecule has 0 spiro atoms. The number of benzene rings is 2. The number of rotatable bonds is 3. The number of carbonyl (C=O) groups excluding carboxylic acids is 1. The molecule has 7 nitrogen and oxygen atoms in total. The molecule has 0 radical (unpaired) electrons. The van der Waals surface area contributed by atoms with Crippen molar-refractivity contribution in [2.24, 2.45) is 0 Å². The van der Waals surface area contributed by atoms with E-state index in [-0.39, 0.29) is 11.7 Å². The van der Waals surface area contributed by atoms with E-state index in [4.69, 9.17) is 4.74 Å². The van der Waals surface area contributed by atoms with E-state index in [1.807, 2.05) is 0 Å². The molecule has 4 aromatic rings. The molecule has 1 atom stereocenters. The Morgan fingerprint density at radius 2 is 2.03 bits per heavy atom. The van der Waals surface area contributed by atoms with Gasteiger partial charge in [0.25, 0.3) is 0 Å². The predicted molar refractivity (Wildman–Crippen MR) is 120 cm³/mol. The van der Waals surface area contributed by atoms with Crippen LogP contribution in [0.2, 0.25) is 0 Å². The highest BCUT2D eigenvalue weighted by atomic mass is 19.4. The summed E-state index contributed by atoms with van der Waals surface area (Å²) < 4.78 is 46.2. The fourth-order valence-electron chi connectivity index (χ4n) is 3.95. The molecular weight excluding hydrogens is 447 g/mol. The Morgan fingerprint density at radius 3 is 2.85 bits per heavy atom. The van der Waals surface area contributed by atoms with Gasteiger partial charge in [-0.25, -0.2) is 14.8 Å². The van der Waals surface area contributed by atoms with Gasteiger partial charge in [-0.1, -0.05) is 6.07 Å². The lowest BCUT2D eigenvalue weighted by Gasteiger charge is -2.23. The van der Waals surface area contributed by atoms with Crippen molar-refractivity contribution in [3.05, 3.63) is 77.9 Å². The van der Waals surface area contributed by atoms with Crippen molar-refractivity contribution >= 4 is 22.6 Å². The Bertz CT molecular complexity index is 1380. The van der Waals surface area contributed by atoms with Crippen LogP contribution in [0, 0.1) is 0 Å². The van der Waals surface area contributed by atoms with Gasteiger partial charge in [-0.15, -0.1) is 0 Å². The Hall–Kier alpha value is -3.92. The summed E-state index contributed by atoms with van der Waals surface area (Å²) in [5.41, 5.74) is 1.67. The molecule has 34 heavy (non-hydrogen) atoms. The second-order valence-corrected chi connectivity index (χ2v) is 8.11. The van der Waals surface area contributed by atoms with Gasteiger partial charge in [-0.05, 0) is 55.8 Å². The van der Waals surface area contributed by atoms with Gasteiger partial charge in [-0.3, -0.25) is 4.57 Å². The topological polar surface area (TPSA) is 81.1 Å². The number of fused-ring (bicyclic) bond motifs is 2. The number of hydrogen-bond donors (Lipinski definition) is 2. The van der Waals surface area contributed by atoms with E-state index in [0.29, 0.717) is 23.7 Å². The minimum absolute atomic E-state index is 0.0545. The van der Waals surface area contributed by atoms with Crippen molar-refractivity contribution in [3.63, 3.8) is 0 Å². The monoisotopic (exact) mass is 467 g/mol. The number of anilines is 1. The quantitative estimate of drug-likeness (QED) is 0.424. The Labute approximate surface area is 192 Å². The molecule has 2 aromatic carbocycles. The molecule has 0 fully saturated rings. The van der Waals surface area contributed by atoms with Gasteiger partial charge < -0.3 is 15.4 Å². The van der Waals surface area contributed by atoms with Crippen molar-refractivity contribution in [2.45, 2.75) is 32.1 Å². The first kappa shape index (κ1) is 21.9. The van der Waals surface area contributed by atoms with Crippen LogP contribution in [0.3, 0.4) is 0 Å². The summed E-state index contributed by atoms with van der Waals surface area (Å²) in [4.78, 5) is 21.3. The lowest BCUT2D eigenvalue weighted by molar-refractivity contribution is -0.137. The number of aromatic nitrogens is 3. The molecule has 2 aromatic heterocycles. The first-order valence-electron chi connectivity index (χ1n) is 10.6. The lowest BCUT2D eigenvalue weighted by Crippen LogP contribution is -2.33. The zero-order valence-electron chi connectivity index (χ0n) is 18.1. The molecule has 0 saturated carbocycles. The number of ether oxygens (including phenoxy) is 1. The highest BCUT2D eigenvalue weighted by Crippen LogP contribution is 2.32. The lowest BCUT2D eigenvalue weighted by atomic mass is 10.0. The van der Waals surface area contributed by atoms with E-state index < -0.39 is 17.8 Å². The second-order valence-electron chi connectivity index (χ2n) is 8.11. The van der Waals surface area contributed by atoms with Gasteiger partial charge in [0.05, 0.1) is 16.8 Å². The molecule has 0 saturated heterocycles. The van der Waals surface area contributed by atoms with E-state index >= 15 is 0 Å². The van der Waals surface area contributed by atoms with Gasteiger partial charge in [0, 0.05) is 35.4 Å². The van der Waals surface area contributed by atoms with Crippen LogP contribution in [0.25, 0.3) is 10.9 Å². The summed E-state index contributed by atoms with van der Waals surface area (Å²) >= 11 is 0. The van der Waals surface area contributed by atoms with Gasteiger partial charge in [0.1, 0.15) is 12.1 Å². The molecule has 1 aliphatic rings. The number of amides is 1. The Morgan fingerprint density at radius 1 is 1.18 bits per heavy atom. The van der Waals surface area contributed by atoms with Crippen molar-refractivity contribution < 1.29 is 22.7 Å². The number of hydrogen-bond acceptors (Lipinski definition) is 5. The van der Waals surface area contributed by atoms with Crippen LogP contribution in [0.15, 0.2) is 61.1 Å². The van der Waals surface area contributed by atoms with Crippen LogP contribution in [0.5, 0.6) is 11.6 Å². The van der Waals surface area contributed by atoms with Gasteiger partial charge in [0.2, 0.25) is 5.88 Å². The molecule has 0 bridgehead atoms. The summed E-state index contributed by atoms with van der Waals surface area (Å²) in [5, 5.41) is 6.60. The van der Waals surface area contributed by atoms with Crippen LogP contribution in [0.1, 0.15) is 23.7 Å². The van der Waals surface area contributed by atoms with E-state index in [1.54, 1.807) is 30.5 Å². The first-order valence-corrected chi connectivity index (χ1v) is 10.6. The highest BCUT2D eigenvalue weighted by molar-refractivity contribution is 5.98. The number of nitrogens with one attached hydrogen (secondary N) is 2. The van der Waals surface area contributed by atoms with Crippen molar-refractivity contribution in [2.75, 3.05) is 5.32 Å². The minimum atomic E-state index is -4.49. The second kappa shape index (κ2) is 8.45. The van der Waals surface area contributed by atoms with Crippen molar-refractivity contribution in [1.82, 2.24) is 19.9 Å². The molecule has 10 heteroatoms. The van der Waals surface area contributed by atoms with Gasteiger partial charge >= 0.3 is 12.2 Å². The molecule has 174 valence electrons. The maximum atomic E-state index is 13.0. The van der Waals surface area contributed by atoms with Gasteiger partial charge in [0.15, 0.2) is 0 Å². The molecule has 3 heterocycles. The molecule has 0 aliphatic carbocycles. The fraction of sp³-hybridized carbons (Fsp3) is 0.208. The number of alkyl halides is 3. The molecule has 0 unspecified atom stereocenters. The summed E-state index contributed by atoms with van der Waals surface area (Å²) in [5.74, 6) is 1.05. The summed E-state index contributed by atoms with van der Waals surface area (Å²) in [6.45, 7) is 2.73. The minimum Gasteiger partial charge on any atom is -0.439 e. The van der Waals surface area contributed by atoms with Crippen LogP contribution in [-0.2, 0) is 19.1 Å². The molecular formula is C24H20F3N5O2. The summed E-state index contributed by atoms with van der Waals surface area (Å²) in [6, 6.07) is 11.2. The normalized spacial score (nSPS) is 15.7. The first-order chi connectivity index (χ1) is 16.3. The highest BCUT2D eigenvalue weighted by Gasteiger charge is 2.30. The van der Waals surface area contributed by atoms with E-state index in [1.165, 1.54) is 23.0 Å². The summed E-state index contributed by atoms with van der Waals surface area (Å²) in [6.07, 6.45) is -0.717. The molecule has 1 aliphatic heterocycles. The van der Waals surface area contributed by atoms with Crippen LogP contribution >= 0.6 is 0 Å². The van der Waals surface area contributed by atoms with Crippen LogP contribution in [0.4, 0.5) is 23.7 Å². The molecule has 2 N–H and O–H groups in total. The maximum absolute atomic E-state index is 13.0. The number of carbonyl (C=O) groups is 1. The number of halogens is 3. The SMILES string of the molecule is C[C@H]1Cc2c(ncnc2Oc2ccc3c(ccn3C(=O)Nc3cccc(C(F)(F)F)c3)c2)CN1.